The number of hydrogen-bond acceptors (Lipinski definition) is 5. The monoisotopic (exact) mass is 501 g/mol. The van der Waals surface area contributed by atoms with Gasteiger partial charge in [0, 0.05) is 5.75 Å². The van der Waals surface area contributed by atoms with E-state index in [-0.39, 0.29) is 5.91 Å². The lowest BCUT2D eigenvalue weighted by molar-refractivity contribution is -0.142. The molecule has 34 heavy (non-hydrogen) atoms. The zero-order valence-electron chi connectivity index (χ0n) is 22.0. The summed E-state index contributed by atoms with van der Waals surface area (Å²) in [6.07, 6.45) is 23.6. The van der Waals surface area contributed by atoms with Gasteiger partial charge in [0.1, 0.15) is 6.04 Å². The van der Waals surface area contributed by atoms with E-state index in [1.807, 2.05) is 0 Å². The molecule has 0 aromatic heterocycles. The van der Waals surface area contributed by atoms with Crippen molar-refractivity contribution in [2.45, 2.75) is 141 Å². The van der Waals surface area contributed by atoms with E-state index in [2.05, 4.69) is 12.2 Å². The zero-order valence-corrected chi connectivity index (χ0v) is 22.9. The Bertz CT molecular complexity index is 480. The molecule has 6 N–H and O–H groups in total. The van der Waals surface area contributed by atoms with E-state index in [1.54, 1.807) is 11.8 Å². The molecule has 0 aliphatic rings. The largest absolute Gasteiger partial charge is 0.480 e. The summed E-state index contributed by atoms with van der Waals surface area (Å²) < 4.78 is 0. The molecule has 0 aromatic carbocycles. The Kier molecular flexibility index (Phi) is 24.7. The first-order valence-electron chi connectivity index (χ1n) is 14.1. The second-order valence-corrected chi connectivity index (χ2v) is 10.8. The van der Waals surface area contributed by atoms with Gasteiger partial charge in [-0.1, -0.05) is 103 Å². The van der Waals surface area contributed by atoms with Gasteiger partial charge < -0.3 is 21.9 Å². The molecule has 0 bridgehead atoms. The van der Waals surface area contributed by atoms with E-state index in [0.29, 0.717) is 25.1 Å². The third kappa shape index (κ3) is 21.7. The van der Waals surface area contributed by atoms with E-state index in [1.165, 1.54) is 96.3 Å². The van der Waals surface area contributed by atoms with Gasteiger partial charge in [0.05, 0.1) is 6.04 Å². The molecule has 0 radical (unpaired) electrons. The summed E-state index contributed by atoms with van der Waals surface area (Å²) in [5, 5.41) is 11.8. The lowest BCUT2D eigenvalue weighted by Gasteiger charge is -2.17. The Balaban J connectivity index is 3.48. The van der Waals surface area contributed by atoms with Crippen molar-refractivity contribution >= 4 is 23.6 Å². The van der Waals surface area contributed by atoms with Crippen LogP contribution in [0.1, 0.15) is 129 Å². The van der Waals surface area contributed by atoms with Crippen molar-refractivity contribution in [3.63, 3.8) is 0 Å². The quantitative estimate of drug-likeness (QED) is 0.108. The van der Waals surface area contributed by atoms with Gasteiger partial charge in [0.25, 0.3) is 0 Å². The van der Waals surface area contributed by atoms with Crippen LogP contribution >= 0.6 is 11.8 Å². The third-order valence-corrected chi connectivity index (χ3v) is 7.51. The van der Waals surface area contributed by atoms with Crippen molar-refractivity contribution in [3.05, 3.63) is 0 Å². The predicted molar refractivity (Wildman–Crippen MR) is 147 cm³/mol. The van der Waals surface area contributed by atoms with Crippen LogP contribution in [0.25, 0.3) is 0 Å². The fourth-order valence-electron chi connectivity index (χ4n) is 4.07. The summed E-state index contributed by atoms with van der Waals surface area (Å²) in [5.41, 5.74) is 11.4. The number of aliphatic carboxylic acids is 1. The number of carboxylic acids is 1. The van der Waals surface area contributed by atoms with Crippen molar-refractivity contribution in [1.82, 2.24) is 5.32 Å². The van der Waals surface area contributed by atoms with Gasteiger partial charge in [-0.3, -0.25) is 4.79 Å². The molecule has 7 heteroatoms. The lowest BCUT2D eigenvalue weighted by atomic mass is 10.0. The highest BCUT2D eigenvalue weighted by Gasteiger charge is 2.22. The van der Waals surface area contributed by atoms with Crippen LogP contribution in [0, 0.1) is 0 Å². The van der Waals surface area contributed by atoms with Crippen LogP contribution in [0.4, 0.5) is 0 Å². The van der Waals surface area contributed by atoms with Crippen LogP contribution in [0.15, 0.2) is 0 Å². The molecule has 0 aromatic rings. The maximum Gasteiger partial charge on any atom is 0.326 e. The third-order valence-electron chi connectivity index (χ3n) is 6.34. The predicted octanol–water partition coefficient (Wildman–Crippen LogP) is 6.01. The van der Waals surface area contributed by atoms with Crippen LogP contribution in [-0.4, -0.2) is 47.1 Å². The fourth-order valence-corrected chi connectivity index (χ4v) is 5.05. The molecule has 2 atom stereocenters. The van der Waals surface area contributed by atoms with Crippen molar-refractivity contribution in [2.75, 3.05) is 18.1 Å². The van der Waals surface area contributed by atoms with Gasteiger partial charge in [0.2, 0.25) is 5.91 Å². The molecular weight excluding hydrogens is 446 g/mol. The number of rotatable bonds is 26. The maximum atomic E-state index is 12.2. The molecule has 0 aliphatic carbocycles. The standard InChI is InChI=1S/C27H55N3O3S/c1-2-3-4-5-6-7-8-9-10-11-12-13-14-15-16-19-22-34-23-24(29)26(31)30-25(27(32)33)20-17-18-21-28/h24-25H,2-23,28-29H2,1H3,(H,30,31)(H,32,33)/t24-,25+/m0/s1. The minimum atomic E-state index is -1.02. The second-order valence-electron chi connectivity index (χ2n) is 9.67. The Hall–Kier alpha value is -0.790. The van der Waals surface area contributed by atoms with Gasteiger partial charge in [-0.05, 0) is 38.0 Å². The summed E-state index contributed by atoms with van der Waals surface area (Å²) >= 11 is 1.68. The highest BCUT2D eigenvalue weighted by atomic mass is 32.2. The van der Waals surface area contributed by atoms with Crippen LogP contribution in [0.5, 0.6) is 0 Å². The van der Waals surface area contributed by atoms with Crippen LogP contribution < -0.4 is 16.8 Å². The number of hydrogen-bond donors (Lipinski definition) is 4. The zero-order chi connectivity index (χ0) is 25.3. The molecule has 0 saturated heterocycles. The van der Waals surface area contributed by atoms with Gasteiger partial charge in [-0.15, -0.1) is 0 Å². The average molecular weight is 502 g/mol. The van der Waals surface area contributed by atoms with Crippen LogP contribution in [0.3, 0.4) is 0 Å². The first-order chi connectivity index (χ1) is 16.5. The Morgan fingerprint density at radius 2 is 1.24 bits per heavy atom. The first kappa shape index (κ1) is 33.2. The highest BCUT2D eigenvalue weighted by Crippen LogP contribution is 2.14. The first-order valence-corrected chi connectivity index (χ1v) is 15.2. The maximum absolute atomic E-state index is 12.2. The minimum absolute atomic E-state index is 0.375. The topological polar surface area (TPSA) is 118 Å². The number of nitrogens with one attached hydrogen (secondary N) is 1. The van der Waals surface area contributed by atoms with E-state index in [0.717, 1.165) is 18.6 Å². The summed E-state index contributed by atoms with van der Waals surface area (Å²) in [6, 6.07) is -1.54. The molecule has 202 valence electrons. The van der Waals surface area contributed by atoms with Crippen molar-refractivity contribution in [3.8, 4) is 0 Å². The number of nitrogens with two attached hydrogens (primary N) is 2. The van der Waals surface area contributed by atoms with Gasteiger partial charge in [-0.25, -0.2) is 4.79 Å². The molecule has 0 aliphatic heterocycles. The molecule has 0 heterocycles. The smallest absolute Gasteiger partial charge is 0.326 e. The number of carbonyl (C=O) groups is 2. The number of unbranched alkanes of at least 4 members (excludes halogenated alkanes) is 16. The normalized spacial score (nSPS) is 13.0. The summed E-state index contributed by atoms with van der Waals surface area (Å²) in [5.74, 6) is 0.135. The van der Waals surface area contributed by atoms with Gasteiger partial charge in [0.15, 0.2) is 0 Å². The minimum Gasteiger partial charge on any atom is -0.480 e. The van der Waals surface area contributed by atoms with Gasteiger partial charge >= 0.3 is 5.97 Å². The van der Waals surface area contributed by atoms with E-state index >= 15 is 0 Å². The molecule has 0 unspecified atom stereocenters. The molecule has 0 saturated carbocycles. The van der Waals surface area contributed by atoms with Crippen molar-refractivity contribution in [1.29, 1.82) is 0 Å². The molecule has 0 rings (SSSR count). The average Bonchev–Trinajstić information content (AvgIpc) is 2.82. The molecular formula is C27H55N3O3S. The molecule has 0 fully saturated rings. The van der Waals surface area contributed by atoms with Crippen molar-refractivity contribution < 1.29 is 14.7 Å². The Labute approximate surface area is 214 Å². The summed E-state index contributed by atoms with van der Waals surface area (Å²) in [7, 11) is 0. The van der Waals surface area contributed by atoms with E-state index in [4.69, 9.17) is 11.5 Å². The molecule has 1 amide bonds. The van der Waals surface area contributed by atoms with Crippen LogP contribution in [0.2, 0.25) is 0 Å². The highest BCUT2D eigenvalue weighted by molar-refractivity contribution is 7.99. The lowest BCUT2D eigenvalue weighted by Crippen LogP contribution is -2.49. The fraction of sp³-hybridized carbons (Fsp3) is 0.926. The molecule has 6 nitrogen and oxygen atoms in total. The SMILES string of the molecule is CCCCCCCCCCCCCCCCCCSC[C@H](N)C(=O)N[C@H](CCCCN)C(=O)O. The summed E-state index contributed by atoms with van der Waals surface area (Å²) in [4.78, 5) is 23.5. The summed E-state index contributed by atoms with van der Waals surface area (Å²) in [6.45, 7) is 2.80. The number of carboxylic acid groups (broad SMARTS) is 1. The van der Waals surface area contributed by atoms with Crippen LogP contribution in [-0.2, 0) is 9.59 Å². The molecule has 0 spiro atoms. The van der Waals surface area contributed by atoms with E-state index in [9.17, 15) is 14.7 Å². The van der Waals surface area contributed by atoms with Crippen molar-refractivity contribution in [2.24, 2.45) is 11.5 Å². The van der Waals surface area contributed by atoms with E-state index < -0.39 is 18.1 Å². The van der Waals surface area contributed by atoms with Gasteiger partial charge in [-0.2, -0.15) is 11.8 Å². The number of carbonyl (C=O) groups excluding carboxylic acids is 1. The number of thioether (sulfide) groups is 1. The second kappa shape index (κ2) is 25.3. The Morgan fingerprint density at radius 1 is 0.765 bits per heavy atom. The number of amides is 1. The Morgan fingerprint density at radius 3 is 1.68 bits per heavy atom.